The van der Waals surface area contributed by atoms with Gasteiger partial charge in [-0.05, 0) is 6.07 Å². The SMILES string of the molecule is O/N=C/c1nc2ncnc3ccn1c32. The van der Waals surface area contributed by atoms with Gasteiger partial charge in [-0.25, -0.2) is 15.0 Å². The number of hydrogen-bond acceptors (Lipinski definition) is 5. The van der Waals surface area contributed by atoms with Crippen LogP contribution in [0.25, 0.3) is 16.7 Å². The van der Waals surface area contributed by atoms with Crippen LogP contribution in [0.2, 0.25) is 0 Å². The molecule has 0 saturated carbocycles. The molecule has 0 radical (unpaired) electrons. The van der Waals surface area contributed by atoms with Gasteiger partial charge in [-0.3, -0.25) is 4.40 Å². The molecule has 3 heterocycles. The van der Waals surface area contributed by atoms with Crippen molar-refractivity contribution in [3.8, 4) is 0 Å². The highest BCUT2D eigenvalue weighted by Gasteiger charge is 2.11. The van der Waals surface area contributed by atoms with E-state index < -0.39 is 0 Å². The minimum absolute atomic E-state index is 0.540. The maximum Gasteiger partial charge on any atom is 0.182 e. The highest BCUT2D eigenvalue weighted by Crippen LogP contribution is 2.18. The van der Waals surface area contributed by atoms with Crippen molar-refractivity contribution in [2.45, 2.75) is 0 Å². The van der Waals surface area contributed by atoms with Crippen molar-refractivity contribution in [3.63, 3.8) is 0 Å². The fourth-order valence-corrected chi connectivity index (χ4v) is 1.53. The molecule has 68 valence electrons. The Bertz CT molecular complexity index is 614. The maximum absolute atomic E-state index is 8.44. The zero-order valence-corrected chi connectivity index (χ0v) is 6.99. The molecule has 3 aromatic rings. The molecular weight excluding hydrogens is 182 g/mol. The first-order valence-electron chi connectivity index (χ1n) is 3.99. The molecule has 0 fully saturated rings. The van der Waals surface area contributed by atoms with E-state index in [0.29, 0.717) is 11.5 Å². The molecule has 0 aliphatic rings. The van der Waals surface area contributed by atoms with Crippen molar-refractivity contribution in [3.05, 3.63) is 24.4 Å². The minimum atomic E-state index is 0.540. The third-order valence-corrected chi connectivity index (χ3v) is 2.09. The van der Waals surface area contributed by atoms with E-state index in [0.717, 1.165) is 11.0 Å². The molecule has 0 unspecified atom stereocenters. The highest BCUT2D eigenvalue weighted by molar-refractivity contribution is 5.93. The van der Waals surface area contributed by atoms with Crippen LogP contribution in [0, 0.1) is 0 Å². The van der Waals surface area contributed by atoms with Crippen molar-refractivity contribution in [1.82, 2.24) is 19.4 Å². The predicted molar refractivity (Wildman–Crippen MR) is 48.9 cm³/mol. The number of oxime groups is 1. The summed E-state index contributed by atoms with van der Waals surface area (Å²) >= 11 is 0. The molecular formula is C8H5N5O. The van der Waals surface area contributed by atoms with Gasteiger partial charge in [-0.15, -0.1) is 0 Å². The molecule has 3 aromatic heterocycles. The lowest BCUT2D eigenvalue weighted by atomic mass is 10.4. The summed E-state index contributed by atoms with van der Waals surface area (Å²) in [6.45, 7) is 0. The van der Waals surface area contributed by atoms with Gasteiger partial charge < -0.3 is 5.21 Å². The first kappa shape index (κ1) is 7.19. The van der Waals surface area contributed by atoms with Gasteiger partial charge in [0.25, 0.3) is 0 Å². The summed E-state index contributed by atoms with van der Waals surface area (Å²) < 4.78 is 1.78. The molecule has 6 heteroatoms. The summed E-state index contributed by atoms with van der Waals surface area (Å²) in [5, 5.41) is 11.4. The Hall–Kier alpha value is -2.24. The lowest BCUT2D eigenvalue weighted by molar-refractivity contribution is 0.321. The van der Waals surface area contributed by atoms with E-state index in [1.807, 2.05) is 12.3 Å². The van der Waals surface area contributed by atoms with Crippen LogP contribution in [0.3, 0.4) is 0 Å². The molecule has 0 aliphatic heterocycles. The molecule has 0 aromatic carbocycles. The standard InChI is InChI=1S/C8H5N5O/c14-11-3-6-12-8-7-5(9-4-10-8)1-2-13(6)7/h1-4,14H/b11-3+. The van der Waals surface area contributed by atoms with Crippen LogP contribution in [0.1, 0.15) is 5.82 Å². The number of aromatic nitrogens is 4. The lowest BCUT2D eigenvalue weighted by Gasteiger charge is -1.86. The van der Waals surface area contributed by atoms with Gasteiger partial charge in [0.2, 0.25) is 0 Å². The number of hydrogen-bond donors (Lipinski definition) is 1. The van der Waals surface area contributed by atoms with Crippen molar-refractivity contribution in [2.75, 3.05) is 0 Å². The van der Waals surface area contributed by atoms with E-state index in [2.05, 4.69) is 20.1 Å². The van der Waals surface area contributed by atoms with E-state index in [4.69, 9.17) is 5.21 Å². The Balaban J connectivity index is 2.53. The second-order valence-electron chi connectivity index (χ2n) is 2.83. The van der Waals surface area contributed by atoms with E-state index >= 15 is 0 Å². The highest BCUT2D eigenvalue weighted by atomic mass is 16.4. The first-order valence-corrected chi connectivity index (χ1v) is 3.99. The topological polar surface area (TPSA) is 75.7 Å². The van der Waals surface area contributed by atoms with Crippen LogP contribution in [0.5, 0.6) is 0 Å². The minimum Gasteiger partial charge on any atom is -0.411 e. The Kier molecular flexibility index (Phi) is 1.22. The normalized spacial score (nSPS) is 12.3. The van der Waals surface area contributed by atoms with Crippen LogP contribution >= 0.6 is 0 Å². The smallest absolute Gasteiger partial charge is 0.182 e. The van der Waals surface area contributed by atoms with Crippen LogP contribution in [0.4, 0.5) is 0 Å². The van der Waals surface area contributed by atoms with E-state index in [1.54, 1.807) is 4.40 Å². The molecule has 0 aliphatic carbocycles. The van der Waals surface area contributed by atoms with Gasteiger partial charge in [0.1, 0.15) is 18.1 Å². The molecule has 0 spiro atoms. The zero-order chi connectivity index (χ0) is 9.54. The number of rotatable bonds is 1. The fraction of sp³-hybridized carbons (Fsp3) is 0. The van der Waals surface area contributed by atoms with E-state index in [9.17, 15) is 0 Å². The summed E-state index contributed by atoms with van der Waals surface area (Å²) in [5.74, 6) is 0.540. The lowest BCUT2D eigenvalue weighted by Crippen LogP contribution is -1.88. The van der Waals surface area contributed by atoms with Crippen molar-refractivity contribution in [2.24, 2.45) is 5.16 Å². The average molecular weight is 187 g/mol. The molecule has 6 nitrogen and oxygen atoms in total. The Labute approximate surface area is 77.9 Å². The van der Waals surface area contributed by atoms with Crippen molar-refractivity contribution < 1.29 is 5.21 Å². The van der Waals surface area contributed by atoms with Gasteiger partial charge in [-0.2, -0.15) is 0 Å². The van der Waals surface area contributed by atoms with Gasteiger partial charge in [-0.1, -0.05) is 5.16 Å². The monoisotopic (exact) mass is 187 g/mol. The fourth-order valence-electron chi connectivity index (χ4n) is 1.53. The first-order chi connectivity index (χ1) is 6.90. The summed E-state index contributed by atoms with van der Waals surface area (Å²) in [7, 11) is 0. The molecule has 0 saturated heterocycles. The third-order valence-electron chi connectivity index (χ3n) is 2.09. The number of nitrogens with zero attached hydrogens (tertiary/aromatic N) is 5. The van der Waals surface area contributed by atoms with Gasteiger partial charge >= 0.3 is 0 Å². The van der Waals surface area contributed by atoms with Gasteiger partial charge in [0, 0.05) is 6.20 Å². The summed E-state index contributed by atoms with van der Waals surface area (Å²) in [5.41, 5.74) is 2.29. The van der Waals surface area contributed by atoms with Crippen molar-refractivity contribution >= 4 is 22.9 Å². The van der Waals surface area contributed by atoms with Gasteiger partial charge in [0.15, 0.2) is 11.5 Å². The van der Waals surface area contributed by atoms with Gasteiger partial charge in [0.05, 0.1) is 5.52 Å². The Morgan fingerprint density at radius 1 is 1.43 bits per heavy atom. The predicted octanol–water partition coefficient (Wildman–Crippen LogP) is 0.523. The second-order valence-corrected chi connectivity index (χ2v) is 2.83. The summed E-state index contributed by atoms with van der Waals surface area (Å²) in [4.78, 5) is 12.3. The molecule has 3 rings (SSSR count). The maximum atomic E-state index is 8.44. The molecule has 0 atom stereocenters. The molecule has 1 N–H and O–H groups in total. The Morgan fingerprint density at radius 2 is 2.36 bits per heavy atom. The quantitative estimate of drug-likeness (QED) is 0.342. The average Bonchev–Trinajstić information content (AvgIpc) is 2.75. The second kappa shape index (κ2) is 2.38. The third kappa shape index (κ3) is 0.743. The molecule has 0 amide bonds. The van der Waals surface area contributed by atoms with E-state index in [1.165, 1.54) is 12.5 Å². The van der Waals surface area contributed by atoms with Crippen LogP contribution in [-0.4, -0.2) is 30.8 Å². The molecule has 14 heavy (non-hydrogen) atoms. The molecule has 0 bridgehead atoms. The zero-order valence-electron chi connectivity index (χ0n) is 6.99. The van der Waals surface area contributed by atoms with Crippen molar-refractivity contribution in [1.29, 1.82) is 0 Å². The number of imidazole rings is 1. The Morgan fingerprint density at radius 3 is 3.21 bits per heavy atom. The summed E-state index contributed by atoms with van der Waals surface area (Å²) in [6, 6.07) is 1.86. The largest absolute Gasteiger partial charge is 0.411 e. The van der Waals surface area contributed by atoms with Crippen LogP contribution in [-0.2, 0) is 0 Å². The van der Waals surface area contributed by atoms with E-state index in [-0.39, 0.29) is 0 Å². The van der Waals surface area contributed by atoms with Crippen LogP contribution in [0.15, 0.2) is 23.7 Å². The summed E-state index contributed by atoms with van der Waals surface area (Å²) in [6.07, 6.45) is 4.54. The van der Waals surface area contributed by atoms with Crippen LogP contribution < -0.4 is 0 Å².